The second-order valence-corrected chi connectivity index (χ2v) is 4.25. The molecular formula is C12H17FN2. The molecule has 1 aliphatic rings. The number of piperazine rings is 1. The van der Waals surface area contributed by atoms with E-state index >= 15 is 0 Å². The first-order valence-corrected chi connectivity index (χ1v) is 5.36. The Bertz CT molecular complexity index is 343. The molecule has 0 aromatic heterocycles. The fraction of sp³-hybridized carbons (Fsp3) is 0.500. The molecule has 1 aromatic rings. The minimum absolute atomic E-state index is 0.106. The molecule has 15 heavy (non-hydrogen) atoms. The normalized spacial score (nSPS) is 18.2. The third-order valence-electron chi connectivity index (χ3n) is 2.95. The molecule has 0 spiro atoms. The van der Waals surface area contributed by atoms with Crippen molar-refractivity contribution < 1.29 is 4.39 Å². The van der Waals surface area contributed by atoms with Crippen molar-refractivity contribution in [2.24, 2.45) is 0 Å². The second kappa shape index (κ2) is 4.19. The largest absolute Gasteiger partial charge is 0.367 e. The van der Waals surface area contributed by atoms with Gasteiger partial charge in [-0.15, -0.1) is 0 Å². The molecule has 1 aliphatic heterocycles. The van der Waals surface area contributed by atoms with Crippen molar-refractivity contribution in [3.05, 3.63) is 29.6 Å². The zero-order valence-electron chi connectivity index (χ0n) is 9.33. The SMILES string of the molecule is Cc1ccc(F)c(N2CCN(C)CC2)c1. The summed E-state index contributed by atoms with van der Waals surface area (Å²) in [5.41, 5.74) is 1.87. The molecule has 3 heteroatoms. The maximum atomic E-state index is 13.6. The molecule has 2 nitrogen and oxygen atoms in total. The van der Waals surface area contributed by atoms with Crippen molar-refractivity contribution in [3.8, 4) is 0 Å². The number of nitrogens with zero attached hydrogens (tertiary/aromatic N) is 2. The number of likely N-dealkylation sites (N-methyl/N-ethyl adjacent to an activating group) is 1. The summed E-state index contributed by atoms with van der Waals surface area (Å²) in [6.45, 7) is 5.84. The van der Waals surface area contributed by atoms with Crippen LogP contribution < -0.4 is 4.90 Å². The van der Waals surface area contributed by atoms with Crippen LogP contribution >= 0.6 is 0 Å². The Morgan fingerprint density at radius 2 is 1.80 bits per heavy atom. The Hall–Kier alpha value is -1.09. The van der Waals surface area contributed by atoms with Gasteiger partial charge in [-0.2, -0.15) is 0 Å². The van der Waals surface area contributed by atoms with Gasteiger partial charge in [-0.05, 0) is 31.7 Å². The third-order valence-corrected chi connectivity index (χ3v) is 2.95. The first-order valence-electron chi connectivity index (χ1n) is 5.36. The average molecular weight is 208 g/mol. The van der Waals surface area contributed by atoms with E-state index in [0.717, 1.165) is 37.4 Å². The van der Waals surface area contributed by atoms with Crippen LogP contribution in [0.1, 0.15) is 5.56 Å². The van der Waals surface area contributed by atoms with Gasteiger partial charge in [0, 0.05) is 26.2 Å². The van der Waals surface area contributed by atoms with Gasteiger partial charge >= 0.3 is 0 Å². The predicted molar refractivity (Wildman–Crippen MR) is 60.8 cm³/mol. The number of hydrogen-bond acceptors (Lipinski definition) is 2. The first kappa shape index (κ1) is 10.4. The molecule has 0 atom stereocenters. The van der Waals surface area contributed by atoms with Crippen molar-refractivity contribution in [2.75, 3.05) is 38.1 Å². The molecule has 1 fully saturated rings. The van der Waals surface area contributed by atoms with Crippen LogP contribution in [0.25, 0.3) is 0 Å². The van der Waals surface area contributed by atoms with E-state index in [9.17, 15) is 4.39 Å². The molecule has 0 saturated carbocycles. The van der Waals surface area contributed by atoms with Gasteiger partial charge in [0.05, 0.1) is 5.69 Å². The zero-order chi connectivity index (χ0) is 10.8. The summed E-state index contributed by atoms with van der Waals surface area (Å²) >= 11 is 0. The minimum atomic E-state index is -0.106. The standard InChI is InChI=1S/C12H17FN2/c1-10-3-4-11(13)12(9-10)15-7-5-14(2)6-8-15/h3-4,9H,5-8H2,1-2H3. The number of hydrogen-bond donors (Lipinski definition) is 0. The van der Waals surface area contributed by atoms with E-state index in [1.54, 1.807) is 6.07 Å². The molecule has 1 aromatic carbocycles. The van der Waals surface area contributed by atoms with Crippen molar-refractivity contribution in [2.45, 2.75) is 6.92 Å². The van der Waals surface area contributed by atoms with Gasteiger partial charge in [-0.1, -0.05) is 6.07 Å². The molecule has 0 unspecified atom stereocenters. The van der Waals surface area contributed by atoms with Gasteiger partial charge in [0.25, 0.3) is 0 Å². The molecule has 0 radical (unpaired) electrons. The summed E-state index contributed by atoms with van der Waals surface area (Å²) in [4.78, 5) is 4.40. The molecule has 0 bridgehead atoms. The third kappa shape index (κ3) is 2.29. The van der Waals surface area contributed by atoms with E-state index in [1.807, 2.05) is 19.1 Å². The number of aryl methyl sites for hydroxylation is 1. The highest BCUT2D eigenvalue weighted by molar-refractivity contribution is 5.50. The highest BCUT2D eigenvalue weighted by atomic mass is 19.1. The molecule has 1 saturated heterocycles. The lowest BCUT2D eigenvalue weighted by molar-refractivity contribution is 0.311. The minimum Gasteiger partial charge on any atom is -0.367 e. The predicted octanol–water partition coefficient (Wildman–Crippen LogP) is 1.89. The van der Waals surface area contributed by atoms with E-state index in [-0.39, 0.29) is 5.82 Å². The Morgan fingerprint density at radius 3 is 2.47 bits per heavy atom. The van der Waals surface area contributed by atoms with Crippen LogP contribution in [-0.4, -0.2) is 38.1 Å². The van der Waals surface area contributed by atoms with Gasteiger partial charge in [0.15, 0.2) is 0 Å². The van der Waals surface area contributed by atoms with Crippen molar-refractivity contribution >= 4 is 5.69 Å². The van der Waals surface area contributed by atoms with Crippen LogP contribution in [-0.2, 0) is 0 Å². The van der Waals surface area contributed by atoms with Crippen LogP contribution in [0.2, 0.25) is 0 Å². The van der Waals surface area contributed by atoms with Gasteiger partial charge in [0.2, 0.25) is 0 Å². The Morgan fingerprint density at radius 1 is 1.13 bits per heavy atom. The molecule has 0 aliphatic carbocycles. The lowest BCUT2D eigenvalue weighted by Gasteiger charge is -2.34. The average Bonchev–Trinajstić information content (AvgIpc) is 2.23. The molecular weight excluding hydrogens is 191 g/mol. The van der Waals surface area contributed by atoms with Crippen LogP contribution in [0.4, 0.5) is 10.1 Å². The Balaban J connectivity index is 2.18. The van der Waals surface area contributed by atoms with Gasteiger partial charge in [0.1, 0.15) is 5.82 Å². The number of halogens is 1. The first-order chi connectivity index (χ1) is 7.16. The molecule has 82 valence electrons. The van der Waals surface area contributed by atoms with E-state index in [0.29, 0.717) is 0 Å². The zero-order valence-corrected chi connectivity index (χ0v) is 9.33. The van der Waals surface area contributed by atoms with Crippen LogP contribution in [0, 0.1) is 12.7 Å². The smallest absolute Gasteiger partial charge is 0.146 e. The lowest BCUT2D eigenvalue weighted by atomic mass is 10.2. The summed E-state index contributed by atoms with van der Waals surface area (Å²) < 4.78 is 13.6. The molecule has 2 rings (SSSR count). The lowest BCUT2D eigenvalue weighted by Crippen LogP contribution is -2.44. The van der Waals surface area contributed by atoms with Crippen molar-refractivity contribution in [3.63, 3.8) is 0 Å². The van der Waals surface area contributed by atoms with Crippen molar-refractivity contribution in [1.82, 2.24) is 4.90 Å². The van der Waals surface area contributed by atoms with Crippen LogP contribution in [0.3, 0.4) is 0 Å². The van der Waals surface area contributed by atoms with Gasteiger partial charge in [-0.3, -0.25) is 0 Å². The van der Waals surface area contributed by atoms with Crippen LogP contribution in [0.5, 0.6) is 0 Å². The van der Waals surface area contributed by atoms with E-state index in [1.165, 1.54) is 0 Å². The maximum absolute atomic E-state index is 13.6. The highest BCUT2D eigenvalue weighted by Crippen LogP contribution is 2.21. The Kier molecular flexibility index (Phi) is 2.91. The second-order valence-electron chi connectivity index (χ2n) is 4.25. The fourth-order valence-electron chi connectivity index (χ4n) is 1.91. The summed E-state index contributed by atoms with van der Waals surface area (Å²) in [6.07, 6.45) is 0. The summed E-state index contributed by atoms with van der Waals surface area (Å²) in [5, 5.41) is 0. The quantitative estimate of drug-likeness (QED) is 0.695. The highest BCUT2D eigenvalue weighted by Gasteiger charge is 2.16. The monoisotopic (exact) mass is 208 g/mol. The number of rotatable bonds is 1. The number of benzene rings is 1. The fourth-order valence-corrected chi connectivity index (χ4v) is 1.91. The summed E-state index contributed by atoms with van der Waals surface area (Å²) in [7, 11) is 2.10. The van der Waals surface area contributed by atoms with Crippen LogP contribution in [0.15, 0.2) is 18.2 Å². The van der Waals surface area contributed by atoms with E-state index in [2.05, 4.69) is 16.8 Å². The van der Waals surface area contributed by atoms with Gasteiger partial charge in [-0.25, -0.2) is 4.39 Å². The number of anilines is 1. The molecule has 0 N–H and O–H groups in total. The summed E-state index contributed by atoms with van der Waals surface area (Å²) in [6, 6.07) is 5.30. The molecule has 0 amide bonds. The Labute approximate surface area is 90.3 Å². The van der Waals surface area contributed by atoms with E-state index in [4.69, 9.17) is 0 Å². The topological polar surface area (TPSA) is 6.48 Å². The molecule has 1 heterocycles. The van der Waals surface area contributed by atoms with E-state index < -0.39 is 0 Å². The maximum Gasteiger partial charge on any atom is 0.146 e. The summed E-state index contributed by atoms with van der Waals surface area (Å²) in [5.74, 6) is -0.106. The van der Waals surface area contributed by atoms with Gasteiger partial charge < -0.3 is 9.80 Å². The van der Waals surface area contributed by atoms with Crippen molar-refractivity contribution in [1.29, 1.82) is 0 Å².